The predicted molar refractivity (Wildman–Crippen MR) is 144 cm³/mol. The summed E-state index contributed by atoms with van der Waals surface area (Å²) in [6, 6.07) is 2.05. The van der Waals surface area contributed by atoms with Gasteiger partial charge in [-0.05, 0) is 75.5 Å². The summed E-state index contributed by atoms with van der Waals surface area (Å²) in [6.07, 6.45) is 24.0. The molecule has 1 aliphatic heterocycles. The van der Waals surface area contributed by atoms with E-state index in [9.17, 15) is 4.79 Å². The Balaban J connectivity index is 1.86. The number of nitrogens with zero attached hydrogens (tertiary/aromatic N) is 3. The van der Waals surface area contributed by atoms with Crippen molar-refractivity contribution in [3.63, 3.8) is 0 Å². The van der Waals surface area contributed by atoms with Crippen LogP contribution in [0.15, 0.2) is 63.8 Å². The first-order valence-electron chi connectivity index (χ1n) is 12.6. The zero-order valence-corrected chi connectivity index (χ0v) is 20.8. The van der Waals surface area contributed by atoms with Crippen molar-refractivity contribution in [2.45, 2.75) is 65.7 Å². The molecule has 1 aromatic heterocycles. The number of rotatable bonds is 8. The van der Waals surface area contributed by atoms with Crippen LogP contribution in [-0.4, -0.2) is 29.9 Å². The molecule has 0 spiro atoms. The number of aromatic nitrogens is 1. The van der Waals surface area contributed by atoms with Crippen molar-refractivity contribution in [3.8, 4) is 0 Å². The van der Waals surface area contributed by atoms with Crippen LogP contribution >= 0.6 is 0 Å². The van der Waals surface area contributed by atoms with Gasteiger partial charge in [0, 0.05) is 30.7 Å². The number of hydrogen-bond acceptors (Lipinski definition) is 4. The van der Waals surface area contributed by atoms with Crippen molar-refractivity contribution in [3.05, 3.63) is 65.0 Å². The highest BCUT2D eigenvalue weighted by Gasteiger charge is 2.17. The minimum Gasteiger partial charge on any atom is -0.369 e. The highest BCUT2D eigenvalue weighted by atomic mass is 16.1. The number of pyridine rings is 1. The Morgan fingerprint density at radius 3 is 2.91 bits per heavy atom. The maximum Gasteiger partial charge on any atom is 0.224 e. The van der Waals surface area contributed by atoms with Gasteiger partial charge in [-0.2, -0.15) is 0 Å². The third-order valence-electron chi connectivity index (χ3n) is 6.44. The number of nitrogens with two attached hydrogens (primary N) is 1. The molecule has 2 heterocycles. The molecule has 5 heteroatoms. The van der Waals surface area contributed by atoms with Crippen LogP contribution in [0.1, 0.15) is 70.1 Å². The third kappa shape index (κ3) is 7.21. The van der Waals surface area contributed by atoms with Gasteiger partial charge in [-0.15, -0.1) is 0 Å². The van der Waals surface area contributed by atoms with E-state index in [-0.39, 0.29) is 11.8 Å². The van der Waals surface area contributed by atoms with Gasteiger partial charge in [0.25, 0.3) is 0 Å². The number of aryl methyl sites for hydroxylation is 1. The van der Waals surface area contributed by atoms with Crippen LogP contribution in [0.25, 0.3) is 5.57 Å². The molecule has 0 saturated heterocycles. The Labute approximate surface area is 204 Å². The zero-order valence-electron chi connectivity index (χ0n) is 20.8. The Bertz CT molecular complexity index is 1040. The summed E-state index contributed by atoms with van der Waals surface area (Å²) in [4.78, 5) is 25.6. The Morgan fingerprint density at radius 1 is 1.29 bits per heavy atom. The molecule has 5 nitrogen and oxygen atoms in total. The van der Waals surface area contributed by atoms with Crippen LogP contribution < -0.4 is 5.73 Å². The van der Waals surface area contributed by atoms with Crippen LogP contribution in [0.2, 0.25) is 0 Å². The summed E-state index contributed by atoms with van der Waals surface area (Å²) >= 11 is 0. The summed E-state index contributed by atoms with van der Waals surface area (Å²) in [5.74, 6) is -0.176. The van der Waals surface area contributed by atoms with Crippen molar-refractivity contribution in [2.75, 3.05) is 6.54 Å². The van der Waals surface area contributed by atoms with E-state index in [4.69, 9.17) is 10.7 Å². The van der Waals surface area contributed by atoms with Crippen molar-refractivity contribution < 1.29 is 4.79 Å². The first kappa shape index (κ1) is 25.5. The first-order chi connectivity index (χ1) is 16.5. The molecule has 1 aromatic rings. The molecular formula is C29H38N4O. The largest absolute Gasteiger partial charge is 0.369 e. The lowest BCUT2D eigenvalue weighted by molar-refractivity contribution is -0.120. The van der Waals surface area contributed by atoms with Crippen molar-refractivity contribution in [1.29, 1.82) is 0 Å². The first-order valence-corrected chi connectivity index (χ1v) is 12.6. The lowest BCUT2D eigenvalue weighted by Crippen LogP contribution is -2.21. The van der Waals surface area contributed by atoms with Gasteiger partial charge in [0.2, 0.25) is 5.91 Å². The Kier molecular flexibility index (Phi) is 9.75. The second kappa shape index (κ2) is 13.0. The quantitative estimate of drug-likeness (QED) is 0.453. The molecule has 0 bridgehead atoms. The highest BCUT2D eigenvalue weighted by molar-refractivity contribution is 6.12. The number of aliphatic imine (C=N–C) groups is 2. The van der Waals surface area contributed by atoms with Crippen LogP contribution in [-0.2, 0) is 4.79 Å². The van der Waals surface area contributed by atoms with Crippen LogP contribution in [0.4, 0.5) is 5.69 Å². The normalized spacial score (nSPS) is 24.0. The average Bonchev–Trinajstić information content (AvgIpc) is 2.98. The predicted octanol–water partition coefficient (Wildman–Crippen LogP) is 6.47. The molecule has 2 unspecified atom stereocenters. The van der Waals surface area contributed by atoms with Gasteiger partial charge in [0.1, 0.15) is 0 Å². The minimum absolute atomic E-state index is 0.269. The highest BCUT2D eigenvalue weighted by Crippen LogP contribution is 2.32. The van der Waals surface area contributed by atoms with E-state index >= 15 is 0 Å². The van der Waals surface area contributed by atoms with Gasteiger partial charge >= 0.3 is 0 Å². The maximum absolute atomic E-state index is 11.7. The van der Waals surface area contributed by atoms with E-state index in [1.54, 1.807) is 0 Å². The lowest BCUT2D eigenvalue weighted by Gasteiger charge is -2.14. The van der Waals surface area contributed by atoms with E-state index in [0.29, 0.717) is 5.92 Å². The van der Waals surface area contributed by atoms with E-state index in [1.165, 1.54) is 5.57 Å². The van der Waals surface area contributed by atoms with Gasteiger partial charge in [-0.1, -0.05) is 49.3 Å². The summed E-state index contributed by atoms with van der Waals surface area (Å²) in [5.41, 5.74) is 12.0. The fraction of sp³-hybridized carbons (Fsp3) is 0.448. The van der Waals surface area contributed by atoms with Gasteiger partial charge in [0.05, 0.1) is 17.3 Å². The fourth-order valence-corrected chi connectivity index (χ4v) is 4.30. The number of hydrogen-bond donors (Lipinski definition) is 1. The molecule has 0 aromatic carbocycles. The van der Waals surface area contributed by atoms with Gasteiger partial charge in [-0.3, -0.25) is 19.8 Å². The van der Waals surface area contributed by atoms with E-state index in [2.05, 4.69) is 47.3 Å². The Hall–Kier alpha value is -3.08. The van der Waals surface area contributed by atoms with Gasteiger partial charge in [0.15, 0.2) is 0 Å². The average molecular weight is 459 g/mol. The molecule has 0 radical (unpaired) electrons. The van der Waals surface area contributed by atoms with Crippen LogP contribution in [0.5, 0.6) is 0 Å². The van der Waals surface area contributed by atoms with Gasteiger partial charge in [-0.25, -0.2) is 0 Å². The summed E-state index contributed by atoms with van der Waals surface area (Å²) in [6.45, 7) is 6.86. The maximum atomic E-state index is 11.7. The monoisotopic (exact) mass is 458 g/mol. The van der Waals surface area contributed by atoms with E-state index in [1.807, 2.05) is 38.5 Å². The molecule has 1 amide bonds. The van der Waals surface area contributed by atoms with E-state index < -0.39 is 0 Å². The Morgan fingerprint density at radius 2 is 2.12 bits per heavy atom. The molecule has 2 aliphatic rings. The SMILES string of the molecule is CCC/C=N\c1c(C2=CC(CC3=C/CCC/C=C(C(C)C(N)=O)/C=C\3)CCN=C2)ccnc1C. The molecule has 2 atom stereocenters. The van der Waals surface area contributed by atoms with Crippen molar-refractivity contribution in [2.24, 2.45) is 27.6 Å². The van der Waals surface area contributed by atoms with Crippen LogP contribution in [0.3, 0.4) is 0 Å². The van der Waals surface area contributed by atoms with Gasteiger partial charge < -0.3 is 5.73 Å². The summed E-state index contributed by atoms with van der Waals surface area (Å²) < 4.78 is 0. The van der Waals surface area contributed by atoms with Crippen molar-refractivity contribution >= 4 is 29.6 Å². The topological polar surface area (TPSA) is 80.7 Å². The minimum atomic E-state index is -0.279. The molecular weight excluding hydrogens is 420 g/mol. The second-order valence-electron chi connectivity index (χ2n) is 9.17. The second-order valence-corrected chi connectivity index (χ2v) is 9.17. The number of carbonyl (C=O) groups excluding carboxylic acids is 1. The molecule has 3 rings (SSSR count). The summed E-state index contributed by atoms with van der Waals surface area (Å²) in [5, 5.41) is 0. The number of amides is 1. The summed E-state index contributed by atoms with van der Waals surface area (Å²) in [7, 11) is 0. The number of carbonyl (C=O) groups is 1. The zero-order chi connectivity index (χ0) is 24.3. The molecule has 180 valence electrons. The molecule has 2 N–H and O–H groups in total. The number of unbranched alkanes of at least 4 members (excludes halogenated alkanes) is 1. The van der Waals surface area contributed by atoms with Crippen LogP contribution in [0, 0.1) is 18.8 Å². The smallest absolute Gasteiger partial charge is 0.224 e. The molecule has 0 fully saturated rings. The fourth-order valence-electron chi connectivity index (χ4n) is 4.30. The molecule has 0 saturated carbocycles. The lowest BCUT2D eigenvalue weighted by atomic mass is 9.91. The molecule has 34 heavy (non-hydrogen) atoms. The standard InChI is InChI=1S/C29H38N4O/c1-4-5-15-33-28-22(3)32-17-14-27(28)26-19-24(13-16-31-20-26)18-23-9-7-6-8-10-25(12-11-23)21(2)29(30)34/h9-12,14-15,17,19-21,24H,4-8,13,16,18H2,1-3H3,(H2,30,34)/b12-11-,23-9+,25-10-,33-15-. The van der Waals surface area contributed by atoms with Crippen molar-refractivity contribution in [1.82, 2.24) is 4.98 Å². The van der Waals surface area contributed by atoms with E-state index in [0.717, 1.165) is 79.6 Å². The number of allylic oxidation sites excluding steroid dienone is 7. The molecule has 1 aliphatic carbocycles. The number of primary amides is 1. The third-order valence-corrected chi connectivity index (χ3v) is 6.44.